The van der Waals surface area contributed by atoms with Crippen LogP contribution in [0.4, 0.5) is 17.5 Å². The van der Waals surface area contributed by atoms with Gasteiger partial charge in [-0.05, 0) is 30.2 Å². The van der Waals surface area contributed by atoms with Crippen LogP contribution in [0.5, 0.6) is 0 Å². The van der Waals surface area contributed by atoms with Gasteiger partial charge in [-0.3, -0.25) is 9.99 Å². The minimum absolute atomic E-state index is 0.276. The predicted octanol–water partition coefficient (Wildman–Crippen LogP) is 1.06. The molecule has 1 unspecified atom stereocenters. The van der Waals surface area contributed by atoms with E-state index in [0.29, 0.717) is 24.7 Å². The summed E-state index contributed by atoms with van der Waals surface area (Å²) in [5.74, 6) is 7.61. The third-order valence-corrected chi connectivity index (χ3v) is 4.55. The molecule has 0 radical (unpaired) electrons. The van der Waals surface area contributed by atoms with Gasteiger partial charge in [0.1, 0.15) is 5.82 Å². The second-order valence-electron chi connectivity index (χ2n) is 6.48. The van der Waals surface area contributed by atoms with Crippen molar-refractivity contribution in [1.82, 2.24) is 15.0 Å². The molecule has 8 heteroatoms. The van der Waals surface area contributed by atoms with E-state index in [9.17, 15) is 5.11 Å². The van der Waals surface area contributed by atoms with Crippen LogP contribution in [0.15, 0.2) is 42.7 Å². The lowest BCUT2D eigenvalue weighted by molar-refractivity contribution is 0.198. The van der Waals surface area contributed by atoms with Crippen molar-refractivity contribution in [2.45, 2.75) is 19.1 Å². The number of nitrogens with zero attached hydrogens (tertiary/aromatic N) is 5. The molecule has 1 saturated heterocycles. The summed E-state index contributed by atoms with van der Waals surface area (Å²) in [4.78, 5) is 15.1. The van der Waals surface area contributed by atoms with Crippen LogP contribution in [0.1, 0.15) is 12.0 Å². The Morgan fingerprint density at radius 1 is 1.27 bits per heavy atom. The molecule has 8 nitrogen and oxygen atoms in total. The van der Waals surface area contributed by atoms with Crippen molar-refractivity contribution in [3.8, 4) is 0 Å². The highest BCUT2D eigenvalue weighted by Gasteiger charge is 2.23. The summed E-state index contributed by atoms with van der Waals surface area (Å²) in [5.41, 5.74) is 7.95. The van der Waals surface area contributed by atoms with Crippen molar-refractivity contribution >= 4 is 28.4 Å². The van der Waals surface area contributed by atoms with Gasteiger partial charge in [-0.2, -0.15) is 0 Å². The maximum Gasteiger partial charge on any atom is 0.188 e. The number of nitrogen functional groups attached to an aromatic ring is 1. The molecule has 26 heavy (non-hydrogen) atoms. The number of nitrogens with two attached hydrogens (primary N) is 2. The number of aromatic nitrogens is 3. The first-order chi connectivity index (χ1) is 12.6. The molecule has 0 bridgehead atoms. The first kappa shape index (κ1) is 16.5. The van der Waals surface area contributed by atoms with Gasteiger partial charge >= 0.3 is 0 Å². The number of hydrogen-bond acceptors (Lipinski definition) is 8. The molecule has 3 heterocycles. The molecule has 1 atom stereocenters. The number of β-amino-alcohol motifs (C(OH)–C–C–N with tert-alkyl or cyclic N) is 1. The maximum absolute atomic E-state index is 9.72. The van der Waals surface area contributed by atoms with Gasteiger partial charge < -0.3 is 15.7 Å². The van der Waals surface area contributed by atoms with Crippen LogP contribution in [0.3, 0.4) is 0 Å². The van der Waals surface area contributed by atoms with Crippen molar-refractivity contribution in [3.05, 3.63) is 48.3 Å². The van der Waals surface area contributed by atoms with Crippen molar-refractivity contribution in [3.63, 3.8) is 0 Å². The third kappa shape index (κ3) is 3.24. The Morgan fingerprint density at radius 3 is 2.96 bits per heavy atom. The summed E-state index contributed by atoms with van der Waals surface area (Å²) in [6.07, 6.45) is 3.78. The van der Waals surface area contributed by atoms with E-state index in [1.54, 1.807) is 12.4 Å². The molecule has 1 aromatic carbocycles. The molecule has 0 aliphatic carbocycles. The number of fused-ring (bicyclic) bond motifs is 1. The fourth-order valence-corrected chi connectivity index (χ4v) is 3.19. The Hall–Kier alpha value is -2.97. The lowest BCUT2D eigenvalue weighted by Crippen LogP contribution is -2.33. The van der Waals surface area contributed by atoms with Gasteiger partial charge in [-0.1, -0.05) is 12.1 Å². The summed E-state index contributed by atoms with van der Waals surface area (Å²) >= 11 is 0. The molecule has 4 rings (SSSR count). The zero-order valence-electron chi connectivity index (χ0n) is 14.3. The van der Waals surface area contributed by atoms with Crippen LogP contribution < -0.4 is 21.5 Å². The van der Waals surface area contributed by atoms with Crippen molar-refractivity contribution in [1.29, 1.82) is 0 Å². The van der Waals surface area contributed by atoms with Gasteiger partial charge in [0, 0.05) is 24.7 Å². The van der Waals surface area contributed by atoms with Gasteiger partial charge in [0.25, 0.3) is 0 Å². The average Bonchev–Trinajstić information content (AvgIpc) is 3.08. The lowest BCUT2D eigenvalue weighted by Gasteiger charge is -2.22. The molecular formula is C18H21N7O. The summed E-state index contributed by atoms with van der Waals surface area (Å²) in [6.45, 7) is 1.72. The number of anilines is 3. The van der Waals surface area contributed by atoms with Gasteiger partial charge in [0.2, 0.25) is 0 Å². The fourth-order valence-electron chi connectivity index (χ4n) is 3.19. The minimum Gasteiger partial charge on any atom is -0.391 e. The van der Waals surface area contributed by atoms with Gasteiger partial charge in [0.05, 0.1) is 24.4 Å². The van der Waals surface area contributed by atoms with Crippen LogP contribution in [-0.4, -0.2) is 39.3 Å². The Morgan fingerprint density at radius 2 is 2.15 bits per heavy atom. The number of pyridine rings is 1. The first-order valence-electron chi connectivity index (χ1n) is 8.51. The van der Waals surface area contributed by atoms with E-state index in [2.05, 4.69) is 15.0 Å². The Labute approximate surface area is 151 Å². The quantitative estimate of drug-likeness (QED) is 0.472. The zero-order chi connectivity index (χ0) is 18.1. The van der Waals surface area contributed by atoms with Gasteiger partial charge in [-0.25, -0.2) is 15.8 Å². The number of hydrogen-bond donors (Lipinski definition) is 3. The van der Waals surface area contributed by atoms with Crippen LogP contribution >= 0.6 is 0 Å². The first-order valence-corrected chi connectivity index (χ1v) is 8.51. The maximum atomic E-state index is 9.72. The van der Waals surface area contributed by atoms with E-state index >= 15 is 0 Å². The SMILES string of the molecule is Nc1ncc(N2CCC(O)C2)nc1N(N)Cc1ccc2ncccc2c1. The second kappa shape index (κ2) is 6.74. The van der Waals surface area contributed by atoms with Gasteiger partial charge in [0.15, 0.2) is 11.6 Å². The number of aliphatic hydroxyl groups is 1. The summed E-state index contributed by atoms with van der Waals surface area (Å²) in [6, 6.07) is 9.92. The molecule has 1 fully saturated rings. The van der Waals surface area contributed by atoms with E-state index in [0.717, 1.165) is 29.4 Å². The van der Waals surface area contributed by atoms with Crippen LogP contribution in [0.25, 0.3) is 10.9 Å². The number of aliphatic hydroxyl groups excluding tert-OH is 1. The molecule has 0 spiro atoms. The van der Waals surface area contributed by atoms with Gasteiger partial charge in [-0.15, -0.1) is 0 Å². The molecule has 3 aromatic rings. The molecule has 0 saturated carbocycles. The highest BCUT2D eigenvalue weighted by Crippen LogP contribution is 2.24. The fraction of sp³-hybridized carbons (Fsp3) is 0.278. The standard InChI is InChI=1S/C18H21N7O/c19-17-18(23-16(9-22-17)24-7-5-14(26)11-24)25(20)10-12-3-4-15-13(8-12)2-1-6-21-15/h1-4,6,8-9,14,26H,5,7,10-11,20H2,(H2,19,22). The molecule has 1 aliphatic rings. The summed E-state index contributed by atoms with van der Waals surface area (Å²) < 4.78 is 0. The van der Waals surface area contributed by atoms with E-state index in [1.165, 1.54) is 5.01 Å². The average molecular weight is 351 g/mol. The monoisotopic (exact) mass is 351 g/mol. The van der Waals surface area contributed by atoms with Crippen molar-refractivity contribution < 1.29 is 5.11 Å². The van der Waals surface area contributed by atoms with Crippen molar-refractivity contribution in [2.24, 2.45) is 5.84 Å². The molecule has 1 aliphatic heterocycles. The zero-order valence-corrected chi connectivity index (χ0v) is 14.3. The number of hydrazine groups is 1. The van der Waals surface area contributed by atoms with E-state index in [4.69, 9.17) is 11.6 Å². The summed E-state index contributed by atoms with van der Waals surface area (Å²) in [7, 11) is 0. The molecule has 0 amide bonds. The smallest absolute Gasteiger partial charge is 0.188 e. The number of benzene rings is 1. The summed E-state index contributed by atoms with van der Waals surface area (Å²) in [5, 5.41) is 12.3. The Bertz CT molecular complexity index is 932. The Balaban J connectivity index is 1.57. The van der Waals surface area contributed by atoms with Crippen LogP contribution in [-0.2, 0) is 6.54 Å². The predicted molar refractivity (Wildman–Crippen MR) is 101 cm³/mol. The highest BCUT2D eigenvalue weighted by molar-refractivity contribution is 5.79. The van der Waals surface area contributed by atoms with Crippen LogP contribution in [0.2, 0.25) is 0 Å². The van der Waals surface area contributed by atoms with Crippen LogP contribution in [0, 0.1) is 0 Å². The minimum atomic E-state index is -0.335. The molecule has 134 valence electrons. The normalized spacial score (nSPS) is 17.0. The Kier molecular flexibility index (Phi) is 4.27. The van der Waals surface area contributed by atoms with Crippen molar-refractivity contribution in [2.75, 3.05) is 28.7 Å². The highest BCUT2D eigenvalue weighted by atomic mass is 16.3. The molecule has 5 N–H and O–H groups in total. The topological polar surface area (TPSA) is 117 Å². The second-order valence-corrected chi connectivity index (χ2v) is 6.48. The molecular weight excluding hydrogens is 330 g/mol. The third-order valence-electron chi connectivity index (χ3n) is 4.55. The molecule has 2 aromatic heterocycles. The van der Waals surface area contributed by atoms with E-state index in [1.807, 2.05) is 35.2 Å². The number of rotatable bonds is 4. The van der Waals surface area contributed by atoms with E-state index in [-0.39, 0.29) is 11.9 Å². The lowest BCUT2D eigenvalue weighted by atomic mass is 10.1. The largest absolute Gasteiger partial charge is 0.391 e. The van der Waals surface area contributed by atoms with E-state index < -0.39 is 0 Å².